The Morgan fingerprint density at radius 2 is 1.90 bits per heavy atom. The van der Waals surface area contributed by atoms with Crippen molar-refractivity contribution >= 4 is 21.6 Å². The number of anilines is 1. The molecule has 0 amide bonds. The lowest BCUT2D eigenvalue weighted by Crippen LogP contribution is -1.89. The van der Waals surface area contributed by atoms with Gasteiger partial charge in [-0.1, -0.05) is 5.16 Å². The molecule has 0 spiro atoms. The summed E-state index contributed by atoms with van der Waals surface area (Å²) in [6.45, 7) is 1.91. The fraction of sp³-hybridized carbons (Fsp3) is 0.0667. The van der Waals surface area contributed by atoms with E-state index in [2.05, 4.69) is 26.1 Å². The maximum atomic E-state index is 13.2. The second-order valence-corrected chi connectivity index (χ2v) is 5.48. The molecule has 0 aliphatic heterocycles. The zero-order valence-corrected chi connectivity index (χ0v) is 12.7. The van der Waals surface area contributed by atoms with Gasteiger partial charge in [-0.05, 0) is 64.8 Å². The first-order valence-corrected chi connectivity index (χ1v) is 6.99. The van der Waals surface area contributed by atoms with Gasteiger partial charge in [0.25, 0.3) is 5.89 Å². The maximum Gasteiger partial charge on any atom is 0.258 e. The highest BCUT2D eigenvalue weighted by atomic mass is 79.9. The van der Waals surface area contributed by atoms with Crippen molar-refractivity contribution in [1.29, 1.82) is 0 Å². The number of hydrogen-bond donors (Lipinski definition) is 1. The Kier molecular flexibility index (Phi) is 3.47. The lowest BCUT2D eigenvalue weighted by molar-refractivity contribution is 0.432. The minimum atomic E-state index is -0.336. The third kappa shape index (κ3) is 2.67. The number of aromatic nitrogens is 2. The quantitative estimate of drug-likeness (QED) is 0.705. The van der Waals surface area contributed by atoms with Gasteiger partial charge in [0.05, 0.1) is 4.47 Å². The van der Waals surface area contributed by atoms with E-state index in [1.165, 1.54) is 6.07 Å². The van der Waals surface area contributed by atoms with Gasteiger partial charge in [-0.15, -0.1) is 0 Å². The molecule has 6 heteroatoms. The van der Waals surface area contributed by atoms with E-state index in [1.807, 2.05) is 19.1 Å². The lowest BCUT2D eigenvalue weighted by Gasteiger charge is -2.00. The van der Waals surface area contributed by atoms with Gasteiger partial charge in [0.15, 0.2) is 0 Å². The molecule has 3 aromatic rings. The minimum Gasteiger partial charge on any atom is -0.399 e. The molecule has 4 nitrogen and oxygen atoms in total. The average Bonchev–Trinajstić information content (AvgIpc) is 2.94. The van der Waals surface area contributed by atoms with Crippen LogP contribution in [0.25, 0.3) is 22.8 Å². The van der Waals surface area contributed by atoms with Gasteiger partial charge in [0, 0.05) is 16.8 Å². The van der Waals surface area contributed by atoms with Crippen molar-refractivity contribution in [2.75, 3.05) is 5.73 Å². The van der Waals surface area contributed by atoms with Crippen LogP contribution in [0.1, 0.15) is 5.56 Å². The molecule has 3 rings (SSSR count). The first kappa shape index (κ1) is 13.8. The molecule has 0 saturated carbocycles. The second kappa shape index (κ2) is 5.29. The summed E-state index contributed by atoms with van der Waals surface area (Å²) in [6, 6.07) is 10.1. The van der Waals surface area contributed by atoms with Gasteiger partial charge in [0.1, 0.15) is 5.82 Å². The molecular formula is C15H11BrFN3O. The molecule has 2 N–H and O–H groups in total. The van der Waals surface area contributed by atoms with Crippen LogP contribution in [0.5, 0.6) is 0 Å². The molecule has 0 bridgehead atoms. The number of rotatable bonds is 2. The van der Waals surface area contributed by atoms with E-state index in [0.717, 1.165) is 11.1 Å². The first-order valence-electron chi connectivity index (χ1n) is 6.20. The Morgan fingerprint density at radius 3 is 2.62 bits per heavy atom. The van der Waals surface area contributed by atoms with Crippen molar-refractivity contribution in [2.45, 2.75) is 6.92 Å². The number of hydrogen-bond acceptors (Lipinski definition) is 4. The molecule has 1 aromatic heterocycles. The normalized spacial score (nSPS) is 10.8. The molecule has 0 saturated heterocycles. The summed E-state index contributed by atoms with van der Waals surface area (Å²) in [5.41, 5.74) is 8.90. The highest BCUT2D eigenvalue weighted by Gasteiger charge is 2.12. The van der Waals surface area contributed by atoms with Crippen LogP contribution in [-0.4, -0.2) is 10.1 Å². The van der Waals surface area contributed by atoms with E-state index in [-0.39, 0.29) is 5.82 Å². The number of aryl methyl sites for hydroxylation is 1. The number of benzene rings is 2. The van der Waals surface area contributed by atoms with Crippen LogP contribution < -0.4 is 5.73 Å². The average molecular weight is 348 g/mol. The van der Waals surface area contributed by atoms with Crippen LogP contribution in [-0.2, 0) is 0 Å². The van der Waals surface area contributed by atoms with Crippen molar-refractivity contribution in [3.63, 3.8) is 0 Å². The van der Waals surface area contributed by atoms with E-state index in [0.29, 0.717) is 27.4 Å². The van der Waals surface area contributed by atoms with Gasteiger partial charge < -0.3 is 10.3 Å². The molecule has 0 aliphatic carbocycles. The zero-order chi connectivity index (χ0) is 15.0. The van der Waals surface area contributed by atoms with E-state index < -0.39 is 0 Å². The third-order valence-corrected chi connectivity index (χ3v) is 3.73. The van der Waals surface area contributed by atoms with Gasteiger partial charge in [-0.2, -0.15) is 4.98 Å². The molecule has 0 radical (unpaired) electrons. The predicted octanol–water partition coefficient (Wildman–Crippen LogP) is 4.20. The molecule has 1 heterocycles. The van der Waals surface area contributed by atoms with Crippen molar-refractivity contribution < 1.29 is 8.91 Å². The topological polar surface area (TPSA) is 64.9 Å². The van der Waals surface area contributed by atoms with Gasteiger partial charge in [-0.25, -0.2) is 4.39 Å². The molecule has 0 aliphatic rings. The Bertz CT molecular complexity index is 750. The smallest absolute Gasteiger partial charge is 0.258 e. The summed E-state index contributed by atoms with van der Waals surface area (Å²) in [6.07, 6.45) is 0. The predicted molar refractivity (Wildman–Crippen MR) is 82.0 cm³/mol. The lowest BCUT2D eigenvalue weighted by atomic mass is 10.1. The Hall–Kier alpha value is -2.21. The summed E-state index contributed by atoms with van der Waals surface area (Å²) in [5.74, 6) is 0.463. The molecule has 106 valence electrons. The van der Waals surface area contributed by atoms with Crippen LogP contribution in [0.2, 0.25) is 0 Å². The van der Waals surface area contributed by atoms with Crippen LogP contribution >= 0.6 is 15.9 Å². The monoisotopic (exact) mass is 347 g/mol. The van der Waals surface area contributed by atoms with Crippen molar-refractivity contribution in [1.82, 2.24) is 10.1 Å². The fourth-order valence-electron chi connectivity index (χ4n) is 1.90. The summed E-state index contributed by atoms with van der Waals surface area (Å²) < 4.78 is 18.9. The maximum absolute atomic E-state index is 13.2. The molecule has 21 heavy (non-hydrogen) atoms. The third-order valence-electron chi connectivity index (χ3n) is 3.12. The number of nitrogen functional groups attached to an aromatic ring is 1. The van der Waals surface area contributed by atoms with E-state index in [1.54, 1.807) is 18.2 Å². The molecule has 0 unspecified atom stereocenters. The van der Waals surface area contributed by atoms with Crippen LogP contribution in [0.3, 0.4) is 0 Å². The van der Waals surface area contributed by atoms with Crippen LogP contribution in [0.15, 0.2) is 45.4 Å². The molecular weight excluding hydrogens is 337 g/mol. The van der Waals surface area contributed by atoms with E-state index in [4.69, 9.17) is 10.3 Å². The van der Waals surface area contributed by atoms with Gasteiger partial charge >= 0.3 is 0 Å². The van der Waals surface area contributed by atoms with Gasteiger partial charge in [0.2, 0.25) is 5.82 Å². The van der Waals surface area contributed by atoms with E-state index >= 15 is 0 Å². The minimum absolute atomic E-state index is 0.336. The molecule has 0 atom stereocenters. The first-order chi connectivity index (χ1) is 10.0. The zero-order valence-electron chi connectivity index (χ0n) is 11.1. The Labute approximate surface area is 128 Å². The second-order valence-electron chi connectivity index (χ2n) is 4.62. The van der Waals surface area contributed by atoms with Crippen molar-refractivity contribution in [3.05, 3.63) is 52.3 Å². The van der Waals surface area contributed by atoms with Crippen LogP contribution in [0.4, 0.5) is 10.1 Å². The highest BCUT2D eigenvalue weighted by Crippen LogP contribution is 2.27. The summed E-state index contributed by atoms with van der Waals surface area (Å²) in [4.78, 5) is 4.33. The molecule has 0 fully saturated rings. The van der Waals surface area contributed by atoms with E-state index in [9.17, 15) is 4.39 Å². The Balaban J connectivity index is 1.99. The van der Waals surface area contributed by atoms with Gasteiger partial charge in [-0.3, -0.25) is 0 Å². The highest BCUT2D eigenvalue weighted by molar-refractivity contribution is 9.10. The fourth-order valence-corrected chi connectivity index (χ4v) is 2.28. The van der Waals surface area contributed by atoms with Crippen LogP contribution in [0, 0.1) is 12.7 Å². The number of nitrogens with two attached hydrogens (primary N) is 1. The standard InChI is InChI=1S/C15H11BrFN3O/c1-8-6-10(3-5-13(8)18)15-19-14(20-21-15)9-2-4-12(17)11(16)7-9/h2-7H,18H2,1H3. The summed E-state index contributed by atoms with van der Waals surface area (Å²) >= 11 is 3.14. The summed E-state index contributed by atoms with van der Waals surface area (Å²) in [7, 11) is 0. The summed E-state index contributed by atoms with van der Waals surface area (Å²) in [5, 5.41) is 3.93. The number of halogens is 2. The Morgan fingerprint density at radius 1 is 1.14 bits per heavy atom. The van der Waals surface area contributed by atoms with Crippen molar-refractivity contribution in [2.24, 2.45) is 0 Å². The van der Waals surface area contributed by atoms with Crippen molar-refractivity contribution in [3.8, 4) is 22.8 Å². The number of nitrogens with zero attached hydrogens (tertiary/aromatic N) is 2. The molecule has 2 aromatic carbocycles. The SMILES string of the molecule is Cc1cc(-c2nc(-c3ccc(F)c(Br)c3)no2)ccc1N. The largest absolute Gasteiger partial charge is 0.399 e.